The van der Waals surface area contributed by atoms with Gasteiger partial charge in [0.25, 0.3) is 0 Å². The molecule has 2 aromatic rings. The summed E-state index contributed by atoms with van der Waals surface area (Å²) in [7, 11) is -3.03. The minimum absolute atomic E-state index is 0.0745. The molecule has 3 rings (SSSR count). The van der Waals surface area contributed by atoms with Gasteiger partial charge in [0, 0.05) is 36.0 Å². The number of aryl methyl sites for hydroxylation is 1. The summed E-state index contributed by atoms with van der Waals surface area (Å²) in [5.74, 6) is 0.969. The molecular formula is C21H27NO4S. The Bertz CT molecular complexity index is 942. The molecule has 0 aliphatic carbocycles. The Labute approximate surface area is 161 Å². The standard InChI is InChI=1S/C21H27NO4S/c1-3-5-13-22(16-12-14-27(24,25)15-16)21(23)11-10-18-17-8-6-7-9-20(17)26-19(18)4-2/h6-11,16H,3-5,12-15H2,1-2H3/b11-10+. The largest absolute Gasteiger partial charge is 0.460 e. The van der Waals surface area contributed by atoms with Crippen LogP contribution in [0, 0.1) is 0 Å². The SMILES string of the molecule is CCCCN(C(=O)/C=C/c1c(CC)oc2ccccc12)C1CCS(=O)(=O)C1. The Kier molecular flexibility index (Phi) is 6.05. The van der Waals surface area contributed by atoms with Crippen molar-refractivity contribution >= 4 is 32.8 Å². The molecule has 1 aliphatic rings. The molecule has 146 valence electrons. The Morgan fingerprint density at radius 2 is 2.07 bits per heavy atom. The van der Waals surface area contributed by atoms with Crippen molar-refractivity contribution in [2.24, 2.45) is 0 Å². The molecule has 1 fully saturated rings. The van der Waals surface area contributed by atoms with E-state index in [-0.39, 0.29) is 23.5 Å². The topological polar surface area (TPSA) is 67.6 Å². The molecule has 5 nitrogen and oxygen atoms in total. The van der Waals surface area contributed by atoms with Gasteiger partial charge in [0.15, 0.2) is 9.84 Å². The van der Waals surface area contributed by atoms with Crippen molar-refractivity contribution in [1.29, 1.82) is 0 Å². The molecule has 1 amide bonds. The van der Waals surface area contributed by atoms with Gasteiger partial charge in [-0.3, -0.25) is 4.79 Å². The van der Waals surface area contributed by atoms with Gasteiger partial charge in [0.05, 0.1) is 11.5 Å². The number of carbonyl (C=O) groups is 1. The van der Waals surface area contributed by atoms with Crippen LogP contribution in [0.15, 0.2) is 34.8 Å². The maximum atomic E-state index is 12.9. The van der Waals surface area contributed by atoms with Crippen molar-refractivity contribution in [3.63, 3.8) is 0 Å². The second-order valence-electron chi connectivity index (χ2n) is 7.06. The van der Waals surface area contributed by atoms with Gasteiger partial charge in [-0.2, -0.15) is 0 Å². The third-order valence-electron chi connectivity index (χ3n) is 5.11. The van der Waals surface area contributed by atoms with E-state index in [2.05, 4.69) is 6.92 Å². The fourth-order valence-electron chi connectivity index (χ4n) is 3.63. The van der Waals surface area contributed by atoms with Gasteiger partial charge in [0.1, 0.15) is 11.3 Å². The molecule has 1 saturated heterocycles. The van der Waals surface area contributed by atoms with Crippen molar-refractivity contribution < 1.29 is 17.6 Å². The number of para-hydroxylation sites is 1. The van der Waals surface area contributed by atoms with Crippen molar-refractivity contribution in [3.8, 4) is 0 Å². The van der Waals surface area contributed by atoms with Gasteiger partial charge in [-0.05, 0) is 25.0 Å². The fraction of sp³-hybridized carbons (Fsp3) is 0.476. The van der Waals surface area contributed by atoms with Crippen molar-refractivity contribution in [1.82, 2.24) is 4.90 Å². The number of carbonyl (C=O) groups excluding carboxylic acids is 1. The minimum Gasteiger partial charge on any atom is -0.460 e. The molecule has 0 radical (unpaired) electrons. The summed E-state index contributed by atoms with van der Waals surface area (Å²) in [5.41, 5.74) is 1.74. The second kappa shape index (κ2) is 8.30. The van der Waals surface area contributed by atoms with Crippen LogP contribution < -0.4 is 0 Å². The number of unbranched alkanes of at least 4 members (excludes halogenated alkanes) is 1. The smallest absolute Gasteiger partial charge is 0.246 e. The van der Waals surface area contributed by atoms with Gasteiger partial charge < -0.3 is 9.32 Å². The van der Waals surface area contributed by atoms with Crippen molar-refractivity contribution in [2.75, 3.05) is 18.1 Å². The molecule has 2 heterocycles. The van der Waals surface area contributed by atoms with Gasteiger partial charge in [-0.25, -0.2) is 8.42 Å². The first-order valence-electron chi connectivity index (χ1n) is 9.64. The fourth-order valence-corrected chi connectivity index (χ4v) is 5.36. The lowest BCUT2D eigenvalue weighted by Crippen LogP contribution is -2.40. The van der Waals surface area contributed by atoms with E-state index >= 15 is 0 Å². The third kappa shape index (κ3) is 4.43. The third-order valence-corrected chi connectivity index (χ3v) is 6.86. The van der Waals surface area contributed by atoms with Gasteiger partial charge >= 0.3 is 0 Å². The summed E-state index contributed by atoms with van der Waals surface area (Å²) in [6.07, 6.45) is 6.47. The first-order valence-corrected chi connectivity index (χ1v) is 11.5. The number of rotatable bonds is 7. The maximum absolute atomic E-state index is 12.9. The summed E-state index contributed by atoms with van der Waals surface area (Å²) in [5, 5.41) is 0.988. The van der Waals surface area contributed by atoms with E-state index in [0.29, 0.717) is 13.0 Å². The Hall–Kier alpha value is -2.08. The van der Waals surface area contributed by atoms with Gasteiger partial charge in [-0.1, -0.05) is 38.5 Å². The highest BCUT2D eigenvalue weighted by Gasteiger charge is 2.33. The Balaban J connectivity index is 1.85. The average Bonchev–Trinajstić information content (AvgIpc) is 3.19. The van der Waals surface area contributed by atoms with E-state index in [1.165, 1.54) is 0 Å². The first kappa shape index (κ1) is 19.7. The number of furan rings is 1. The minimum atomic E-state index is -3.03. The molecule has 6 heteroatoms. The van der Waals surface area contributed by atoms with Crippen LogP contribution in [-0.2, 0) is 21.1 Å². The van der Waals surface area contributed by atoms with Crippen LogP contribution in [0.4, 0.5) is 0 Å². The molecule has 1 aliphatic heterocycles. The van der Waals surface area contributed by atoms with Crippen LogP contribution in [0.1, 0.15) is 44.4 Å². The van der Waals surface area contributed by atoms with E-state index in [0.717, 1.165) is 41.6 Å². The van der Waals surface area contributed by atoms with E-state index in [1.54, 1.807) is 11.0 Å². The van der Waals surface area contributed by atoms with Crippen molar-refractivity contribution in [2.45, 2.75) is 45.6 Å². The Morgan fingerprint density at radius 1 is 1.30 bits per heavy atom. The Morgan fingerprint density at radius 3 is 2.74 bits per heavy atom. The summed E-state index contributed by atoms with van der Waals surface area (Å²) < 4.78 is 29.6. The second-order valence-corrected chi connectivity index (χ2v) is 9.29. The highest BCUT2D eigenvalue weighted by atomic mass is 32.2. The molecule has 0 spiro atoms. The number of fused-ring (bicyclic) bond motifs is 1. The lowest BCUT2D eigenvalue weighted by molar-refractivity contribution is -0.127. The molecule has 1 unspecified atom stereocenters. The molecule has 0 N–H and O–H groups in total. The van der Waals surface area contributed by atoms with Crippen molar-refractivity contribution in [3.05, 3.63) is 41.7 Å². The average molecular weight is 390 g/mol. The highest BCUT2D eigenvalue weighted by molar-refractivity contribution is 7.91. The zero-order valence-electron chi connectivity index (χ0n) is 16.0. The zero-order valence-corrected chi connectivity index (χ0v) is 16.8. The van der Waals surface area contributed by atoms with E-state index in [1.807, 2.05) is 37.3 Å². The zero-order chi connectivity index (χ0) is 19.4. The highest BCUT2D eigenvalue weighted by Crippen LogP contribution is 2.27. The lowest BCUT2D eigenvalue weighted by Gasteiger charge is -2.27. The molecule has 0 bridgehead atoms. The van der Waals surface area contributed by atoms with Crippen LogP contribution in [0.3, 0.4) is 0 Å². The molecule has 27 heavy (non-hydrogen) atoms. The van der Waals surface area contributed by atoms with E-state index in [4.69, 9.17) is 4.42 Å². The van der Waals surface area contributed by atoms with Crippen LogP contribution in [0.25, 0.3) is 17.0 Å². The number of amides is 1. The van der Waals surface area contributed by atoms with E-state index < -0.39 is 9.84 Å². The number of nitrogens with zero attached hydrogens (tertiary/aromatic N) is 1. The number of hydrogen-bond acceptors (Lipinski definition) is 4. The first-order chi connectivity index (χ1) is 12.9. The molecule has 0 saturated carbocycles. The van der Waals surface area contributed by atoms with Crippen LogP contribution in [0.2, 0.25) is 0 Å². The predicted octanol–water partition coefficient (Wildman–Crippen LogP) is 3.82. The molecule has 1 atom stereocenters. The molecule has 1 aromatic carbocycles. The normalized spacial score (nSPS) is 19.1. The molecular weight excluding hydrogens is 362 g/mol. The maximum Gasteiger partial charge on any atom is 0.246 e. The van der Waals surface area contributed by atoms with Crippen LogP contribution >= 0.6 is 0 Å². The lowest BCUT2D eigenvalue weighted by atomic mass is 10.1. The number of benzene rings is 1. The summed E-state index contributed by atoms with van der Waals surface area (Å²) in [4.78, 5) is 14.6. The number of hydrogen-bond donors (Lipinski definition) is 0. The van der Waals surface area contributed by atoms with Gasteiger partial charge in [-0.15, -0.1) is 0 Å². The monoisotopic (exact) mass is 389 g/mol. The summed E-state index contributed by atoms with van der Waals surface area (Å²) in [6, 6.07) is 7.57. The van der Waals surface area contributed by atoms with Gasteiger partial charge in [0.2, 0.25) is 5.91 Å². The quantitative estimate of drug-likeness (QED) is 0.675. The predicted molar refractivity (Wildman–Crippen MR) is 108 cm³/mol. The van der Waals surface area contributed by atoms with E-state index in [9.17, 15) is 13.2 Å². The summed E-state index contributed by atoms with van der Waals surface area (Å²) >= 11 is 0. The molecule has 1 aromatic heterocycles. The number of sulfone groups is 1. The van der Waals surface area contributed by atoms with Crippen LogP contribution in [-0.4, -0.2) is 43.3 Å². The summed E-state index contributed by atoms with van der Waals surface area (Å²) in [6.45, 7) is 4.68. The van der Waals surface area contributed by atoms with Crippen LogP contribution in [0.5, 0.6) is 0 Å².